The van der Waals surface area contributed by atoms with Gasteiger partial charge in [-0.2, -0.15) is 5.26 Å². The Balaban J connectivity index is 1.76. The van der Waals surface area contributed by atoms with Crippen LogP contribution in [-0.2, 0) is 6.42 Å². The molecule has 1 heterocycles. The second-order valence-corrected chi connectivity index (χ2v) is 6.07. The van der Waals surface area contributed by atoms with Gasteiger partial charge in [-0.1, -0.05) is 31.2 Å². The fourth-order valence-electron chi connectivity index (χ4n) is 2.70. The summed E-state index contributed by atoms with van der Waals surface area (Å²) in [6.45, 7) is 2.01. The number of hydrogen-bond donors (Lipinski definition) is 2. The van der Waals surface area contributed by atoms with Crippen molar-refractivity contribution in [3.05, 3.63) is 89.2 Å². The van der Waals surface area contributed by atoms with Gasteiger partial charge in [0.1, 0.15) is 0 Å². The Labute approximate surface area is 162 Å². The first-order valence-electron chi connectivity index (χ1n) is 8.76. The van der Waals surface area contributed by atoms with Gasteiger partial charge in [0, 0.05) is 23.8 Å². The Kier molecular flexibility index (Phi) is 5.78. The molecule has 0 radical (unpaired) electrons. The SMILES string of the molecule is CCc1ccccc1NC(=O)c1cncc(C(=O)Nc2cccc(C#N)c2)c1. The number of nitrogens with one attached hydrogen (secondary N) is 2. The van der Waals surface area contributed by atoms with Crippen LogP contribution in [-0.4, -0.2) is 16.8 Å². The first-order chi connectivity index (χ1) is 13.6. The van der Waals surface area contributed by atoms with Crippen LogP contribution in [0.15, 0.2) is 67.0 Å². The Bertz CT molecular complexity index is 1070. The van der Waals surface area contributed by atoms with E-state index < -0.39 is 5.91 Å². The normalized spacial score (nSPS) is 10.0. The molecule has 28 heavy (non-hydrogen) atoms. The summed E-state index contributed by atoms with van der Waals surface area (Å²) in [5.74, 6) is -0.749. The molecule has 2 amide bonds. The van der Waals surface area contributed by atoms with Crippen LogP contribution < -0.4 is 10.6 Å². The molecule has 0 spiro atoms. The fourth-order valence-corrected chi connectivity index (χ4v) is 2.70. The first-order valence-corrected chi connectivity index (χ1v) is 8.76. The molecular weight excluding hydrogens is 352 g/mol. The zero-order valence-electron chi connectivity index (χ0n) is 15.3. The third-order valence-electron chi connectivity index (χ3n) is 4.16. The number of amides is 2. The van der Waals surface area contributed by atoms with E-state index in [2.05, 4.69) is 15.6 Å². The average Bonchev–Trinajstić information content (AvgIpc) is 2.74. The largest absolute Gasteiger partial charge is 0.322 e. The third-order valence-corrected chi connectivity index (χ3v) is 4.16. The van der Waals surface area contributed by atoms with E-state index in [0.717, 1.165) is 17.7 Å². The monoisotopic (exact) mass is 370 g/mol. The lowest BCUT2D eigenvalue weighted by Gasteiger charge is -2.10. The van der Waals surface area contributed by atoms with Crippen LogP contribution in [0.4, 0.5) is 11.4 Å². The molecule has 2 aromatic carbocycles. The van der Waals surface area contributed by atoms with Crippen LogP contribution in [0.2, 0.25) is 0 Å². The second kappa shape index (κ2) is 8.60. The van der Waals surface area contributed by atoms with E-state index in [1.54, 1.807) is 24.3 Å². The minimum absolute atomic E-state index is 0.249. The van der Waals surface area contributed by atoms with Crippen molar-refractivity contribution >= 4 is 23.2 Å². The van der Waals surface area contributed by atoms with Crippen molar-refractivity contribution in [3.63, 3.8) is 0 Å². The molecule has 0 saturated heterocycles. The zero-order chi connectivity index (χ0) is 19.9. The third kappa shape index (κ3) is 4.40. The second-order valence-electron chi connectivity index (χ2n) is 6.07. The fraction of sp³-hybridized carbons (Fsp3) is 0.0909. The number of anilines is 2. The molecule has 1 aromatic heterocycles. The summed E-state index contributed by atoms with van der Waals surface area (Å²) in [4.78, 5) is 29.1. The first kappa shape index (κ1) is 18.8. The maximum Gasteiger partial charge on any atom is 0.257 e. The molecule has 0 atom stereocenters. The molecule has 0 aliphatic carbocycles. The van der Waals surface area contributed by atoms with Gasteiger partial charge in [-0.3, -0.25) is 14.6 Å². The van der Waals surface area contributed by atoms with Crippen LogP contribution in [0, 0.1) is 11.3 Å². The molecule has 3 aromatic rings. The van der Waals surface area contributed by atoms with Gasteiger partial charge in [-0.25, -0.2) is 0 Å². The van der Waals surface area contributed by atoms with Gasteiger partial charge in [0.25, 0.3) is 11.8 Å². The number of benzene rings is 2. The number of carbonyl (C=O) groups is 2. The van der Waals surface area contributed by atoms with E-state index in [9.17, 15) is 9.59 Å². The molecule has 0 aliphatic heterocycles. The number of hydrogen-bond acceptors (Lipinski definition) is 4. The lowest BCUT2D eigenvalue weighted by Crippen LogP contribution is -2.16. The highest BCUT2D eigenvalue weighted by atomic mass is 16.2. The summed E-state index contributed by atoms with van der Waals surface area (Å²) in [5.41, 5.74) is 3.23. The van der Waals surface area contributed by atoms with Gasteiger partial charge in [-0.15, -0.1) is 0 Å². The van der Waals surface area contributed by atoms with E-state index in [1.807, 2.05) is 37.3 Å². The number of aromatic nitrogens is 1. The van der Waals surface area contributed by atoms with E-state index in [1.165, 1.54) is 18.5 Å². The van der Waals surface area contributed by atoms with E-state index >= 15 is 0 Å². The number of carbonyl (C=O) groups excluding carboxylic acids is 2. The molecule has 3 rings (SSSR count). The van der Waals surface area contributed by atoms with Crippen molar-refractivity contribution in [2.24, 2.45) is 0 Å². The van der Waals surface area contributed by atoms with Crippen LogP contribution in [0.1, 0.15) is 38.8 Å². The number of aryl methyl sites for hydroxylation is 1. The number of nitriles is 1. The lowest BCUT2D eigenvalue weighted by molar-refractivity contribution is 0.102. The maximum atomic E-state index is 12.6. The van der Waals surface area contributed by atoms with Crippen molar-refractivity contribution in [2.45, 2.75) is 13.3 Å². The summed E-state index contributed by atoms with van der Waals surface area (Å²) >= 11 is 0. The molecule has 0 unspecified atom stereocenters. The highest BCUT2D eigenvalue weighted by Gasteiger charge is 2.13. The average molecular weight is 370 g/mol. The molecule has 6 heteroatoms. The molecule has 0 saturated carbocycles. The van der Waals surface area contributed by atoms with Crippen LogP contribution >= 0.6 is 0 Å². The number of rotatable bonds is 5. The predicted molar refractivity (Wildman–Crippen MR) is 107 cm³/mol. The minimum Gasteiger partial charge on any atom is -0.322 e. The summed E-state index contributed by atoms with van der Waals surface area (Å²) < 4.78 is 0. The highest BCUT2D eigenvalue weighted by Crippen LogP contribution is 2.17. The molecule has 138 valence electrons. The molecule has 0 fully saturated rings. The number of nitrogens with zero attached hydrogens (tertiary/aromatic N) is 2. The Morgan fingerprint density at radius 1 is 0.964 bits per heavy atom. The van der Waals surface area contributed by atoms with E-state index in [-0.39, 0.29) is 17.0 Å². The predicted octanol–water partition coefficient (Wildman–Crippen LogP) is 4.02. The standard InChI is InChI=1S/C22H18N4O2/c1-2-16-7-3-4-9-20(16)26-22(28)18-11-17(13-24-14-18)21(27)25-19-8-5-6-15(10-19)12-23/h3-11,13-14H,2H2,1H3,(H,25,27)(H,26,28). The smallest absolute Gasteiger partial charge is 0.257 e. The summed E-state index contributed by atoms with van der Waals surface area (Å²) in [7, 11) is 0. The van der Waals surface area contributed by atoms with Gasteiger partial charge in [0.2, 0.25) is 0 Å². The lowest BCUT2D eigenvalue weighted by atomic mass is 10.1. The Morgan fingerprint density at radius 3 is 2.39 bits per heavy atom. The van der Waals surface area contributed by atoms with Crippen molar-refractivity contribution in [3.8, 4) is 6.07 Å². The topological polar surface area (TPSA) is 94.9 Å². The highest BCUT2D eigenvalue weighted by molar-refractivity contribution is 6.08. The Morgan fingerprint density at radius 2 is 1.68 bits per heavy atom. The van der Waals surface area contributed by atoms with Crippen molar-refractivity contribution in [1.29, 1.82) is 5.26 Å². The molecule has 6 nitrogen and oxygen atoms in total. The minimum atomic E-state index is -0.411. The van der Waals surface area contributed by atoms with Gasteiger partial charge in [0.05, 0.1) is 22.8 Å². The van der Waals surface area contributed by atoms with Crippen LogP contribution in [0.3, 0.4) is 0 Å². The molecule has 0 bridgehead atoms. The Hall–Kier alpha value is -3.98. The summed E-state index contributed by atoms with van der Waals surface area (Å²) in [6, 6.07) is 17.7. The number of pyridine rings is 1. The van der Waals surface area contributed by atoms with Gasteiger partial charge < -0.3 is 10.6 Å². The molecule has 0 aliphatic rings. The van der Waals surface area contributed by atoms with Crippen LogP contribution in [0.25, 0.3) is 0 Å². The van der Waals surface area contributed by atoms with Crippen molar-refractivity contribution in [2.75, 3.05) is 10.6 Å². The zero-order valence-corrected chi connectivity index (χ0v) is 15.3. The molecule has 2 N–H and O–H groups in total. The van der Waals surface area contributed by atoms with Gasteiger partial charge >= 0.3 is 0 Å². The summed E-state index contributed by atoms with van der Waals surface area (Å²) in [5, 5.41) is 14.5. The van der Waals surface area contributed by atoms with Crippen LogP contribution in [0.5, 0.6) is 0 Å². The van der Waals surface area contributed by atoms with Gasteiger partial charge in [-0.05, 0) is 42.3 Å². The van der Waals surface area contributed by atoms with Gasteiger partial charge in [0.15, 0.2) is 0 Å². The maximum absolute atomic E-state index is 12.6. The van der Waals surface area contributed by atoms with Crippen molar-refractivity contribution < 1.29 is 9.59 Å². The number of para-hydroxylation sites is 1. The van der Waals surface area contributed by atoms with E-state index in [0.29, 0.717) is 11.3 Å². The van der Waals surface area contributed by atoms with Crippen molar-refractivity contribution in [1.82, 2.24) is 4.98 Å². The quantitative estimate of drug-likeness (QED) is 0.709. The molecular formula is C22H18N4O2. The van der Waals surface area contributed by atoms with E-state index in [4.69, 9.17) is 5.26 Å². The summed E-state index contributed by atoms with van der Waals surface area (Å²) in [6.07, 6.45) is 3.59.